The molecule has 5 heteroatoms. The van der Waals surface area contributed by atoms with Crippen LogP contribution in [0.1, 0.15) is 30.9 Å². The Kier molecular flexibility index (Phi) is 5.24. The number of aliphatic hydroxyl groups is 1. The molecule has 26 heavy (non-hydrogen) atoms. The van der Waals surface area contributed by atoms with E-state index in [1.165, 1.54) is 0 Å². The maximum Gasteiger partial charge on any atom is 0.263 e. The Hall–Kier alpha value is -2.84. The summed E-state index contributed by atoms with van der Waals surface area (Å²) in [5.74, 6) is 0.279. The maximum absolute atomic E-state index is 12.7. The van der Waals surface area contributed by atoms with Gasteiger partial charge >= 0.3 is 0 Å². The third-order valence-electron chi connectivity index (χ3n) is 4.87. The summed E-state index contributed by atoms with van der Waals surface area (Å²) in [5.41, 5.74) is 0.402. The molecule has 1 amide bonds. The van der Waals surface area contributed by atoms with E-state index in [0.29, 0.717) is 37.2 Å². The van der Waals surface area contributed by atoms with Crippen LogP contribution in [0, 0.1) is 11.3 Å². The highest BCUT2D eigenvalue weighted by molar-refractivity contribution is 5.81. The summed E-state index contributed by atoms with van der Waals surface area (Å²) in [6.45, 7) is 2.63. The molecule has 1 fully saturated rings. The molecule has 2 aromatic rings. The van der Waals surface area contributed by atoms with Crippen molar-refractivity contribution in [1.82, 2.24) is 4.90 Å². The number of nitriles is 1. The molecule has 2 aromatic carbocycles. The molecule has 1 atom stereocenters. The van der Waals surface area contributed by atoms with Gasteiger partial charge in [-0.1, -0.05) is 42.5 Å². The number of nitrogens with zero attached hydrogens (tertiary/aromatic N) is 2. The first-order valence-corrected chi connectivity index (χ1v) is 8.76. The first-order chi connectivity index (χ1) is 12.5. The van der Waals surface area contributed by atoms with Gasteiger partial charge in [-0.15, -0.1) is 0 Å². The van der Waals surface area contributed by atoms with Crippen molar-refractivity contribution >= 4 is 5.91 Å². The summed E-state index contributed by atoms with van der Waals surface area (Å²) < 4.78 is 5.71. The topological polar surface area (TPSA) is 73.6 Å². The van der Waals surface area contributed by atoms with Crippen LogP contribution >= 0.6 is 0 Å². The summed E-state index contributed by atoms with van der Waals surface area (Å²) in [6.07, 6.45) is 0.293. The summed E-state index contributed by atoms with van der Waals surface area (Å²) in [5, 5.41) is 20.0. The minimum Gasteiger partial charge on any atom is -0.480 e. The van der Waals surface area contributed by atoms with Crippen LogP contribution in [0.25, 0.3) is 0 Å². The van der Waals surface area contributed by atoms with Gasteiger partial charge in [0.15, 0.2) is 6.10 Å². The fourth-order valence-corrected chi connectivity index (χ4v) is 3.29. The lowest BCUT2D eigenvalue weighted by molar-refractivity contribution is -0.142. The zero-order valence-corrected chi connectivity index (χ0v) is 14.8. The molecule has 0 spiro atoms. The van der Waals surface area contributed by atoms with Crippen molar-refractivity contribution in [1.29, 1.82) is 5.26 Å². The third-order valence-corrected chi connectivity index (χ3v) is 4.87. The predicted molar refractivity (Wildman–Crippen MR) is 97.4 cm³/mol. The van der Waals surface area contributed by atoms with Crippen LogP contribution in [0.5, 0.6) is 5.75 Å². The van der Waals surface area contributed by atoms with Gasteiger partial charge in [0.1, 0.15) is 11.8 Å². The van der Waals surface area contributed by atoms with Crippen molar-refractivity contribution in [2.45, 2.75) is 31.5 Å². The second-order valence-electron chi connectivity index (χ2n) is 6.59. The first kappa shape index (κ1) is 18.0. The second-order valence-corrected chi connectivity index (χ2v) is 6.59. The smallest absolute Gasteiger partial charge is 0.263 e. The number of hydrogen-bond acceptors (Lipinski definition) is 4. The molecular formula is C21H22N2O3. The van der Waals surface area contributed by atoms with E-state index in [9.17, 15) is 9.90 Å². The number of hydrogen-bond donors (Lipinski definition) is 1. The SMILES string of the molecule is CC(Oc1ccccc1C#N)C(=O)N1CCC(O)(c2ccccc2)CC1. The lowest BCUT2D eigenvalue weighted by Crippen LogP contribution is -2.49. The number of amides is 1. The number of likely N-dealkylation sites (tertiary alicyclic amines) is 1. The van der Waals surface area contributed by atoms with E-state index in [-0.39, 0.29) is 5.91 Å². The number of rotatable bonds is 4. The molecule has 1 unspecified atom stereocenters. The fourth-order valence-electron chi connectivity index (χ4n) is 3.29. The molecule has 0 saturated carbocycles. The van der Waals surface area contributed by atoms with Gasteiger partial charge in [0.05, 0.1) is 11.2 Å². The van der Waals surface area contributed by atoms with E-state index in [4.69, 9.17) is 10.00 Å². The van der Waals surface area contributed by atoms with Crippen molar-refractivity contribution in [2.75, 3.05) is 13.1 Å². The summed E-state index contributed by atoms with van der Waals surface area (Å²) in [6, 6.07) is 18.5. The second kappa shape index (κ2) is 7.59. The Labute approximate surface area is 153 Å². The number of carbonyl (C=O) groups is 1. The molecule has 3 rings (SSSR count). The van der Waals surface area contributed by atoms with E-state index >= 15 is 0 Å². The Balaban J connectivity index is 1.62. The molecule has 5 nitrogen and oxygen atoms in total. The molecule has 1 heterocycles. The summed E-state index contributed by atoms with van der Waals surface area (Å²) in [7, 11) is 0. The van der Waals surface area contributed by atoms with Crippen molar-refractivity contribution in [3.63, 3.8) is 0 Å². The van der Waals surface area contributed by atoms with Crippen LogP contribution in [0.2, 0.25) is 0 Å². The Morgan fingerprint density at radius 1 is 1.15 bits per heavy atom. The predicted octanol–water partition coefficient (Wildman–Crippen LogP) is 2.84. The van der Waals surface area contributed by atoms with E-state index in [0.717, 1.165) is 5.56 Å². The molecule has 1 aliphatic rings. The average molecular weight is 350 g/mol. The number of benzene rings is 2. The van der Waals surface area contributed by atoms with Gasteiger partial charge in [0, 0.05) is 13.1 Å². The van der Waals surface area contributed by atoms with Crippen molar-refractivity contribution in [3.8, 4) is 11.8 Å². The van der Waals surface area contributed by atoms with E-state index < -0.39 is 11.7 Å². The minimum absolute atomic E-state index is 0.132. The fraction of sp³-hybridized carbons (Fsp3) is 0.333. The van der Waals surface area contributed by atoms with Crippen LogP contribution in [-0.2, 0) is 10.4 Å². The van der Waals surface area contributed by atoms with Gasteiger partial charge in [0.25, 0.3) is 5.91 Å². The van der Waals surface area contributed by atoms with Gasteiger partial charge in [-0.05, 0) is 37.5 Å². The first-order valence-electron chi connectivity index (χ1n) is 8.76. The molecule has 0 bridgehead atoms. The molecule has 0 radical (unpaired) electrons. The Morgan fingerprint density at radius 3 is 2.42 bits per heavy atom. The standard InChI is InChI=1S/C21H22N2O3/c1-16(26-19-10-6-5-7-17(19)15-22)20(24)23-13-11-21(25,12-14-23)18-8-3-2-4-9-18/h2-10,16,25H,11-14H2,1H3. The van der Waals surface area contributed by atoms with Gasteiger partial charge in [-0.2, -0.15) is 5.26 Å². The lowest BCUT2D eigenvalue weighted by Gasteiger charge is -2.39. The number of piperidine rings is 1. The summed E-state index contributed by atoms with van der Waals surface area (Å²) >= 11 is 0. The van der Waals surface area contributed by atoms with Gasteiger partial charge in [-0.25, -0.2) is 0 Å². The van der Waals surface area contributed by atoms with Crippen molar-refractivity contribution in [3.05, 3.63) is 65.7 Å². The molecule has 1 saturated heterocycles. The minimum atomic E-state index is -0.893. The maximum atomic E-state index is 12.7. The van der Waals surface area contributed by atoms with E-state index in [1.54, 1.807) is 36.1 Å². The normalized spacial score (nSPS) is 17.2. The lowest BCUT2D eigenvalue weighted by atomic mass is 9.84. The highest BCUT2D eigenvalue weighted by Crippen LogP contribution is 2.33. The van der Waals surface area contributed by atoms with Crippen LogP contribution in [0.3, 0.4) is 0 Å². The zero-order valence-electron chi connectivity index (χ0n) is 14.8. The molecule has 1 aliphatic heterocycles. The molecule has 0 aromatic heterocycles. The van der Waals surface area contributed by atoms with Gasteiger partial charge in [0.2, 0.25) is 0 Å². The van der Waals surface area contributed by atoms with Crippen LogP contribution in [-0.4, -0.2) is 35.1 Å². The number of para-hydroxylation sites is 1. The zero-order chi connectivity index (χ0) is 18.6. The Bertz CT molecular complexity index is 806. The molecular weight excluding hydrogens is 328 g/mol. The Morgan fingerprint density at radius 2 is 1.77 bits per heavy atom. The largest absolute Gasteiger partial charge is 0.480 e. The van der Waals surface area contributed by atoms with E-state index in [2.05, 4.69) is 6.07 Å². The van der Waals surface area contributed by atoms with Gasteiger partial charge < -0.3 is 14.7 Å². The average Bonchev–Trinajstić information content (AvgIpc) is 2.69. The quantitative estimate of drug-likeness (QED) is 0.920. The van der Waals surface area contributed by atoms with E-state index in [1.807, 2.05) is 30.3 Å². The summed E-state index contributed by atoms with van der Waals surface area (Å²) in [4.78, 5) is 14.4. The van der Waals surface area contributed by atoms with Gasteiger partial charge in [-0.3, -0.25) is 4.79 Å². The van der Waals surface area contributed by atoms with Crippen LogP contribution < -0.4 is 4.74 Å². The van der Waals surface area contributed by atoms with Crippen LogP contribution in [0.4, 0.5) is 0 Å². The molecule has 1 N–H and O–H groups in total. The van der Waals surface area contributed by atoms with Crippen molar-refractivity contribution in [2.24, 2.45) is 0 Å². The third kappa shape index (κ3) is 3.71. The number of carbonyl (C=O) groups excluding carboxylic acids is 1. The number of ether oxygens (including phenoxy) is 1. The molecule has 134 valence electrons. The van der Waals surface area contributed by atoms with Crippen LogP contribution in [0.15, 0.2) is 54.6 Å². The van der Waals surface area contributed by atoms with Crippen molar-refractivity contribution < 1.29 is 14.6 Å². The highest BCUT2D eigenvalue weighted by Gasteiger charge is 2.36. The molecule has 0 aliphatic carbocycles. The monoisotopic (exact) mass is 350 g/mol. The highest BCUT2D eigenvalue weighted by atomic mass is 16.5.